The fourth-order valence-electron chi connectivity index (χ4n) is 5.04. The molecule has 0 spiro atoms. The van der Waals surface area contributed by atoms with Crippen LogP contribution in [0.2, 0.25) is 0 Å². The van der Waals surface area contributed by atoms with Gasteiger partial charge in [-0.15, -0.1) is 0 Å². The summed E-state index contributed by atoms with van der Waals surface area (Å²) in [6, 6.07) is 8.50. The lowest BCUT2D eigenvalue weighted by molar-refractivity contribution is -0.132. The van der Waals surface area contributed by atoms with Gasteiger partial charge in [0.05, 0.1) is 35.3 Å². The second kappa shape index (κ2) is 7.54. The molecular formula is C26H28N6O. The Hall–Kier alpha value is -3.48. The van der Waals surface area contributed by atoms with Crippen molar-refractivity contribution in [3.8, 4) is 22.5 Å². The Labute approximate surface area is 193 Å². The molecule has 1 aliphatic heterocycles. The number of nitrogens with zero attached hydrogens (tertiary/aromatic N) is 6. The highest BCUT2D eigenvalue weighted by molar-refractivity contribution is 5.96. The third kappa shape index (κ3) is 3.34. The number of imidazole rings is 1. The number of aryl methyl sites for hydroxylation is 2. The van der Waals surface area contributed by atoms with Gasteiger partial charge in [-0.3, -0.25) is 9.48 Å². The molecule has 168 valence electrons. The van der Waals surface area contributed by atoms with Crippen LogP contribution in [0.25, 0.3) is 33.4 Å². The van der Waals surface area contributed by atoms with E-state index in [9.17, 15) is 4.79 Å². The lowest BCUT2D eigenvalue weighted by Crippen LogP contribution is -2.38. The lowest BCUT2D eigenvalue weighted by Gasteiger charge is -2.29. The van der Waals surface area contributed by atoms with E-state index < -0.39 is 0 Å². The molecule has 0 radical (unpaired) electrons. The van der Waals surface area contributed by atoms with Crippen molar-refractivity contribution in [2.24, 2.45) is 7.05 Å². The normalized spacial score (nSPS) is 15.8. The molecule has 6 rings (SSSR count). The van der Waals surface area contributed by atoms with Gasteiger partial charge < -0.3 is 9.47 Å². The zero-order valence-electron chi connectivity index (χ0n) is 19.4. The number of amides is 1. The molecular weight excluding hydrogens is 412 g/mol. The van der Waals surface area contributed by atoms with Crippen LogP contribution in [0, 0.1) is 6.92 Å². The average molecular weight is 441 g/mol. The maximum absolute atomic E-state index is 12.5. The Morgan fingerprint density at radius 1 is 1.15 bits per heavy atom. The van der Waals surface area contributed by atoms with E-state index in [4.69, 9.17) is 9.97 Å². The number of hydrogen-bond donors (Lipinski definition) is 0. The quantitative estimate of drug-likeness (QED) is 0.471. The van der Waals surface area contributed by atoms with Crippen molar-refractivity contribution in [2.45, 2.75) is 52.1 Å². The summed E-state index contributed by atoms with van der Waals surface area (Å²) in [5.41, 5.74) is 7.30. The van der Waals surface area contributed by atoms with Crippen molar-refractivity contribution < 1.29 is 4.79 Å². The second-order valence-corrected chi connectivity index (χ2v) is 9.29. The smallest absolute Gasteiger partial charge is 0.222 e. The van der Waals surface area contributed by atoms with Crippen LogP contribution >= 0.6 is 0 Å². The van der Waals surface area contributed by atoms with E-state index in [1.807, 2.05) is 31.3 Å². The maximum Gasteiger partial charge on any atom is 0.222 e. The van der Waals surface area contributed by atoms with Crippen molar-refractivity contribution in [3.05, 3.63) is 53.7 Å². The molecule has 4 aromatic rings. The minimum Gasteiger partial charge on any atom is -0.335 e. The third-order valence-electron chi connectivity index (χ3n) is 6.92. The van der Waals surface area contributed by atoms with Gasteiger partial charge >= 0.3 is 0 Å². The first-order chi connectivity index (χ1) is 16.0. The van der Waals surface area contributed by atoms with Crippen LogP contribution in [-0.4, -0.2) is 41.7 Å². The molecule has 1 amide bonds. The highest BCUT2D eigenvalue weighted by Gasteiger charge is 2.34. The van der Waals surface area contributed by atoms with Crippen LogP contribution < -0.4 is 0 Å². The summed E-state index contributed by atoms with van der Waals surface area (Å²) in [5.74, 6) is 1.95. The Bertz CT molecular complexity index is 1390. The number of carbonyl (C=O) groups excluding carboxylic acids is 1. The molecule has 33 heavy (non-hydrogen) atoms. The molecule has 3 aromatic heterocycles. The first-order valence-electron chi connectivity index (χ1n) is 11.8. The van der Waals surface area contributed by atoms with Gasteiger partial charge in [0.2, 0.25) is 5.91 Å². The van der Waals surface area contributed by atoms with Gasteiger partial charge in [-0.1, -0.05) is 19.1 Å². The summed E-state index contributed by atoms with van der Waals surface area (Å²) in [4.78, 5) is 24.7. The monoisotopic (exact) mass is 440 g/mol. The van der Waals surface area contributed by atoms with Crippen LogP contribution in [-0.2, 0) is 24.9 Å². The summed E-state index contributed by atoms with van der Waals surface area (Å²) < 4.78 is 4.19. The van der Waals surface area contributed by atoms with Crippen molar-refractivity contribution in [1.82, 2.24) is 29.2 Å². The van der Waals surface area contributed by atoms with Crippen LogP contribution in [0.15, 0.2) is 36.7 Å². The standard InChI is InChI=1S/C26H28N6O/c1-4-23(33)31-10-11-32-22(15-31)25(29-26(32)17-8-9-17)19-6-5-7-21-20(19)12-16(2)24(28-21)18-13-27-30(3)14-18/h5-7,12-14,17H,4,8-11,15H2,1-3H3. The third-order valence-corrected chi connectivity index (χ3v) is 6.92. The molecule has 1 aliphatic carbocycles. The van der Waals surface area contributed by atoms with E-state index in [1.165, 1.54) is 18.7 Å². The van der Waals surface area contributed by atoms with Gasteiger partial charge in [0.25, 0.3) is 0 Å². The summed E-state index contributed by atoms with van der Waals surface area (Å²) in [5, 5.41) is 5.41. The first-order valence-corrected chi connectivity index (χ1v) is 11.8. The Morgan fingerprint density at radius 2 is 2.00 bits per heavy atom. The minimum atomic E-state index is 0.206. The fourth-order valence-corrected chi connectivity index (χ4v) is 5.04. The lowest BCUT2D eigenvalue weighted by atomic mass is 10.00. The molecule has 7 nitrogen and oxygen atoms in total. The number of hydrogen-bond acceptors (Lipinski definition) is 4. The topological polar surface area (TPSA) is 68.8 Å². The van der Waals surface area contributed by atoms with E-state index in [-0.39, 0.29) is 5.91 Å². The average Bonchev–Trinajstić information content (AvgIpc) is 3.47. The van der Waals surface area contributed by atoms with Gasteiger partial charge in [-0.25, -0.2) is 9.97 Å². The van der Waals surface area contributed by atoms with Gasteiger partial charge in [0, 0.05) is 55.2 Å². The van der Waals surface area contributed by atoms with Gasteiger partial charge in [0.1, 0.15) is 5.82 Å². The van der Waals surface area contributed by atoms with Gasteiger partial charge in [0.15, 0.2) is 0 Å². The minimum absolute atomic E-state index is 0.206. The molecule has 2 aliphatic rings. The van der Waals surface area contributed by atoms with Crippen LogP contribution in [0.4, 0.5) is 0 Å². The number of aromatic nitrogens is 5. The van der Waals surface area contributed by atoms with Crippen molar-refractivity contribution in [1.29, 1.82) is 0 Å². The molecule has 0 N–H and O–H groups in total. The highest BCUT2D eigenvalue weighted by atomic mass is 16.2. The highest BCUT2D eigenvalue weighted by Crippen LogP contribution is 2.43. The van der Waals surface area contributed by atoms with Gasteiger partial charge in [-0.05, 0) is 37.5 Å². The molecule has 0 unspecified atom stereocenters. The number of carbonyl (C=O) groups is 1. The summed E-state index contributed by atoms with van der Waals surface area (Å²) in [7, 11) is 1.92. The Balaban J connectivity index is 1.51. The van der Waals surface area contributed by atoms with Crippen LogP contribution in [0.1, 0.15) is 49.2 Å². The van der Waals surface area contributed by atoms with Crippen molar-refractivity contribution >= 4 is 16.8 Å². The predicted molar refractivity (Wildman–Crippen MR) is 128 cm³/mol. The van der Waals surface area contributed by atoms with Crippen LogP contribution in [0.3, 0.4) is 0 Å². The number of pyridine rings is 1. The first kappa shape index (κ1) is 20.1. The molecule has 1 aromatic carbocycles. The maximum atomic E-state index is 12.5. The Kier molecular flexibility index (Phi) is 4.60. The summed E-state index contributed by atoms with van der Waals surface area (Å²) >= 11 is 0. The molecule has 0 atom stereocenters. The number of benzene rings is 1. The van der Waals surface area contributed by atoms with E-state index in [1.54, 1.807) is 4.68 Å². The van der Waals surface area contributed by atoms with Crippen molar-refractivity contribution in [3.63, 3.8) is 0 Å². The largest absolute Gasteiger partial charge is 0.335 e. The predicted octanol–water partition coefficient (Wildman–Crippen LogP) is 4.44. The van der Waals surface area contributed by atoms with E-state index >= 15 is 0 Å². The molecule has 7 heteroatoms. The summed E-state index contributed by atoms with van der Waals surface area (Å²) in [6.45, 7) is 6.25. The molecule has 0 saturated heterocycles. The van der Waals surface area contributed by atoms with E-state index in [0.29, 0.717) is 18.9 Å². The van der Waals surface area contributed by atoms with Crippen LogP contribution in [0.5, 0.6) is 0 Å². The Morgan fingerprint density at radius 3 is 2.73 bits per heavy atom. The van der Waals surface area contributed by atoms with Crippen molar-refractivity contribution in [2.75, 3.05) is 6.54 Å². The number of fused-ring (bicyclic) bond motifs is 2. The molecule has 0 bridgehead atoms. The SMILES string of the molecule is CCC(=O)N1CCn2c(C3CC3)nc(-c3cccc4nc(-c5cnn(C)c5)c(C)cc34)c2C1. The molecule has 1 fully saturated rings. The second-order valence-electron chi connectivity index (χ2n) is 9.29. The number of rotatable bonds is 4. The summed E-state index contributed by atoms with van der Waals surface area (Å²) in [6.07, 6.45) is 6.81. The zero-order valence-corrected chi connectivity index (χ0v) is 19.4. The van der Waals surface area contributed by atoms with Gasteiger partial charge in [-0.2, -0.15) is 5.10 Å². The zero-order chi connectivity index (χ0) is 22.7. The molecule has 4 heterocycles. The van der Waals surface area contributed by atoms with E-state index in [2.05, 4.69) is 40.9 Å². The van der Waals surface area contributed by atoms with E-state index in [0.717, 1.165) is 57.8 Å². The fraction of sp³-hybridized carbons (Fsp3) is 0.385. The molecule has 1 saturated carbocycles.